The second-order valence-electron chi connectivity index (χ2n) is 7.62. The minimum Gasteiger partial charge on any atom is -0.350 e. The van der Waals surface area contributed by atoms with Gasteiger partial charge in [-0.05, 0) is 60.7 Å². The fourth-order valence-electron chi connectivity index (χ4n) is 3.30. The highest BCUT2D eigenvalue weighted by Gasteiger charge is 2.14. The molecule has 0 aliphatic rings. The van der Waals surface area contributed by atoms with Crippen molar-refractivity contribution in [2.24, 2.45) is 0 Å². The Hall–Kier alpha value is -3.03. The van der Waals surface area contributed by atoms with Gasteiger partial charge in [0.1, 0.15) is 5.82 Å². The smallest absolute Gasteiger partial charge is 0.240 e. The van der Waals surface area contributed by atoms with Gasteiger partial charge in [-0.3, -0.25) is 4.79 Å². The number of halogens is 1. The van der Waals surface area contributed by atoms with Gasteiger partial charge >= 0.3 is 0 Å². The van der Waals surface area contributed by atoms with Crippen LogP contribution < -0.4 is 10.0 Å². The summed E-state index contributed by atoms with van der Waals surface area (Å²) >= 11 is 0. The van der Waals surface area contributed by atoms with Crippen LogP contribution in [0.25, 0.3) is 0 Å². The molecule has 0 spiro atoms. The number of carbonyl (C=O) groups excluding carboxylic acids is 1. The molecule has 168 valence electrons. The Kier molecular flexibility index (Phi) is 8.14. The van der Waals surface area contributed by atoms with Crippen molar-refractivity contribution >= 4 is 15.9 Å². The van der Waals surface area contributed by atoms with Crippen molar-refractivity contribution in [2.45, 2.75) is 37.1 Å². The third-order valence-corrected chi connectivity index (χ3v) is 6.65. The molecule has 32 heavy (non-hydrogen) atoms. The summed E-state index contributed by atoms with van der Waals surface area (Å²) in [7, 11) is -3.58. The molecule has 0 aromatic heterocycles. The van der Waals surface area contributed by atoms with Crippen molar-refractivity contribution in [2.75, 3.05) is 6.54 Å². The van der Waals surface area contributed by atoms with E-state index in [1.807, 2.05) is 37.3 Å². The van der Waals surface area contributed by atoms with Gasteiger partial charge in [0.05, 0.1) is 10.9 Å². The van der Waals surface area contributed by atoms with Gasteiger partial charge in [-0.25, -0.2) is 17.5 Å². The maximum Gasteiger partial charge on any atom is 0.240 e. The maximum absolute atomic E-state index is 13.0. The zero-order valence-electron chi connectivity index (χ0n) is 17.9. The monoisotopic (exact) mass is 454 g/mol. The van der Waals surface area contributed by atoms with Gasteiger partial charge in [-0.2, -0.15) is 0 Å². The summed E-state index contributed by atoms with van der Waals surface area (Å²) in [6, 6.07) is 22.0. The molecule has 0 saturated heterocycles. The number of benzene rings is 3. The van der Waals surface area contributed by atoms with Crippen LogP contribution >= 0.6 is 0 Å². The molecule has 0 fully saturated rings. The second-order valence-corrected chi connectivity index (χ2v) is 9.39. The van der Waals surface area contributed by atoms with Gasteiger partial charge in [0.25, 0.3) is 0 Å². The van der Waals surface area contributed by atoms with Crippen LogP contribution in [0.3, 0.4) is 0 Å². The molecule has 0 bridgehead atoms. The molecular weight excluding hydrogens is 427 g/mol. The van der Waals surface area contributed by atoms with E-state index in [9.17, 15) is 17.6 Å². The lowest BCUT2D eigenvalue weighted by molar-refractivity contribution is -0.121. The minimum absolute atomic E-state index is 0.124. The van der Waals surface area contributed by atoms with E-state index in [2.05, 4.69) is 10.0 Å². The molecule has 0 saturated carbocycles. The molecule has 3 rings (SSSR count). The Labute approximate surface area is 188 Å². The highest BCUT2D eigenvalue weighted by atomic mass is 32.2. The lowest BCUT2D eigenvalue weighted by Gasteiger charge is -2.14. The molecule has 1 atom stereocenters. The number of carbonyl (C=O) groups is 1. The standard InChI is InChI=1S/C25H27FN2O3S/c1-19(22-10-12-23(26)13-11-22)28-25(29)16-9-21-7-14-24(15-8-21)32(30,31)27-18-17-20-5-3-2-4-6-20/h2-8,10-15,19,27H,9,16-18H2,1H3,(H,28,29)/t19-/m1/s1. The fraction of sp³-hybridized carbons (Fsp3) is 0.240. The number of nitrogens with one attached hydrogen (secondary N) is 2. The number of hydrogen-bond acceptors (Lipinski definition) is 3. The van der Waals surface area contributed by atoms with Gasteiger partial charge in [0.15, 0.2) is 0 Å². The first kappa shape index (κ1) is 23.6. The normalized spacial score (nSPS) is 12.3. The molecule has 0 aliphatic heterocycles. The van der Waals surface area contributed by atoms with Crippen molar-refractivity contribution in [1.82, 2.24) is 10.0 Å². The summed E-state index contributed by atoms with van der Waals surface area (Å²) in [5.74, 6) is -0.440. The fourth-order valence-corrected chi connectivity index (χ4v) is 4.33. The van der Waals surface area contributed by atoms with Crippen molar-refractivity contribution in [3.8, 4) is 0 Å². The van der Waals surface area contributed by atoms with E-state index >= 15 is 0 Å². The summed E-state index contributed by atoms with van der Waals surface area (Å²) in [4.78, 5) is 12.4. The average Bonchev–Trinajstić information content (AvgIpc) is 2.79. The Morgan fingerprint density at radius 3 is 2.16 bits per heavy atom. The first-order chi connectivity index (χ1) is 15.3. The van der Waals surface area contributed by atoms with E-state index in [0.717, 1.165) is 16.7 Å². The van der Waals surface area contributed by atoms with Crippen LogP contribution in [0.2, 0.25) is 0 Å². The zero-order chi connectivity index (χ0) is 23.0. The zero-order valence-corrected chi connectivity index (χ0v) is 18.7. The lowest BCUT2D eigenvalue weighted by atomic mass is 10.1. The van der Waals surface area contributed by atoms with Crippen LogP contribution in [-0.2, 0) is 27.7 Å². The molecule has 1 amide bonds. The second kappa shape index (κ2) is 11.0. The van der Waals surface area contributed by atoms with Gasteiger partial charge < -0.3 is 5.32 Å². The molecule has 5 nitrogen and oxygen atoms in total. The highest BCUT2D eigenvalue weighted by molar-refractivity contribution is 7.89. The number of sulfonamides is 1. The summed E-state index contributed by atoms with van der Waals surface area (Å²) in [6.45, 7) is 2.16. The molecule has 0 radical (unpaired) electrons. The van der Waals surface area contributed by atoms with E-state index in [-0.39, 0.29) is 29.1 Å². The molecule has 7 heteroatoms. The topological polar surface area (TPSA) is 75.3 Å². The molecule has 0 heterocycles. The van der Waals surface area contributed by atoms with E-state index in [1.165, 1.54) is 12.1 Å². The van der Waals surface area contributed by atoms with Gasteiger partial charge in [0.2, 0.25) is 15.9 Å². The van der Waals surface area contributed by atoms with Gasteiger partial charge in [-0.15, -0.1) is 0 Å². The minimum atomic E-state index is -3.58. The number of aryl methyl sites for hydroxylation is 1. The summed E-state index contributed by atoms with van der Waals surface area (Å²) < 4.78 is 40.6. The van der Waals surface area contributed by atoms with Crippen LogP contribution in [-0.4, -0.2) is 20.9 Å². The third-order valence-electron chi connectivity index (χ3n) is 5.17. The Morgan fingerprint density at radius 1 is 0.875 bits per heavy atom. The van der Waals surface area contributed by atoms with Gasteiger partial charge in [0, 0.05) is 13.0 Å². The van der Waals surface area contributed by atoms with Crippen LogP contribution in [0, 0.1) is 5.82 Å². The lowest BCUT2D eigenvalue weighted by Crippen LogP contribution is -2.27. The van der Waals surface area contributed by atoms with Crippen molar-refractivity contribution in [3.63, 3.8) is 0 Å². The first-order valence-electron chi connectivity index (χ1n) is 10.5. The van der Waals surface area contributed by atoms with Crippen molar-refractivity contribution in [1.29, 1.82) is 0 Å². The van der Waals surface area contributed by atoms with E-state index < -0.39 is 10.0 Å². The third kappa shape index (κ3) is 7.00. The Balaban J connectivity index is 1.47. The SMILES string of the molecule is C[C@@H](NC(=O)CCc1ccc(S(=O)(=O)NCCc2ccccc2)cc1)c1ccc(F)cc1. The predicted octanol–water partition coefficient (Wildman–Crippen LogP) is 4.16. The number of amides is 1. The molecule has 3 aromatic carbocycles. The molecule has 3 aromatic rings. The molecule has 0 unspecified atom stereocenters. The highest BCUT2D eigenvalue weighted by Crippen LogP contribution is 2.15. The quantitative estimate of drug-likeness (QED) is 0.483. The van der Waals surface area contributed by atoms with Gasteiger partial charge in [-0.1, -0.05) is 54.6 Å². The predicted molar refractivity (Wildman–Crippen MR) is 123 cm³/mol. The van der Waals surface area contributed by atoms with E-state index in [4.69, 9.17) is 0 Å². The summed E-state index contributed by atoms with van der Waals surface area (Å²) in [6.07, 6.45) is 1.38. The molecular formula is C25H27FN2O3S. The van der Waals surface area contributed by atoms with Crippen molar-refractivity contribution < 1.29 is 17.6 Å². The molecule has 0 aliphatic carbocycles. The maximum atomic E-state index is 13.0. The van der Waals surface area contributed by atoms with E-state index in [1.54, 1.807) is 36.4 Å². The van der Waals surface area contributed by atoms with Crippen LogP contribution in [0.4, 0.5) is 4.39 Å². The van der Waals surface area contributed by atoms with Crippen LogP contribution in [0.1, 0.15) is 36.1 Å². The van der Waals surface area contributed by atoms with Crippen LogP contribution in [0.5, 0.6) is 0 Å². The molecule has 2 N–H and O–H groups in total. The summed E-state index contributed by atoms with van der Waals surface area (Å²) in [5, 5.41) is 2.89. The van der Waals surface area contributed by atoms with Crippen molar-refractivity contribution in [3.05, 3.63) is 101 Å². The number of hydrogen-bond donors (Lipinski definition) is 2. The van der Waals surface area contributed by atoms with Crippen LogP contribution in [0.15, 0.2) is 83.8 Å². The average molecular weight is 455 g/mol. The van der Waals surface area contributed by atoms with E-state index in [0.29, 0.717) is 19.4 Å². The Bertz CT molecular complexity index is 1120. The Morgan fingerprint density at radius 2 is 1.50 bits per heavy atom. The first-order valence-corrected chi connectivity index (χ1v) is 12.0. The summed E-state index contributed by atoms with van der Waals surface area (Å²) in [5.41, 5.74) is 2.77. The largest absolute Gasteiger partial charge is 0.350 e. The number of rotatable bonds is 10.